The second-order valence-electron chi connectivity index (χ2n) is 10.4. The Morgan fingerprint density at radius 3 is 2.40 bits per heavy atom. The standard InChI is InChI=1S/C31H38N2O6S/c1-3-21(2)39-26-13-15-27(16-14-26)40(37,38)32-20-25(34)18-24(17-22-9-5-4-6-10-22)31(36)33-30-28-12-8-7-11-23(28)19-29(30)35/h4-16,21,24-25,29-30,32,34-35H,3,17-20H2,1-2H3,(H,33,36)/t21?,24-,25+,29-,30+/m1/s1. The van der Waals surface area contributed by atoms with Crippen LogP contribution in [0.5, 0.6) is 5.75 Å². The quantitative estimate of drug-likeness (QED) is 0.251. The minimum absolute atomic E-state index is 0.0171. The number of fused-ring (bicyclic) bond motifs is 1. The van der Waals surface area contributed by atoms with E-state index in [2.05, 4.69) is 10.0 Å². The molecule has 0 saturated heterocycles. The fraction of sp³-hybridized carbons (Fsp3) is 0.387. The van der Waals surface area contributed by atoms with E-state index in [-0.39, 0.29) is 29.9 Å². The van der Waals surface area contributed by atoms with Gasteiger partial charge in [-0.3, -0.25) is 4.79 Å². The third kappa shape index (κ3) is 7.69. The van der Waals surface area contributed by atoms with Gasteiger partial charge in [0.25, 0.3) is 0 Å². The fourth-order valence-electron chi connectivity index (χ4n) is 4.91. The molecule has 214 valence electrons. The molecule has 0 radical (unpaired) electrons. The van der Waals surface area contributed by atoms with Gasteiger partial charge in [-0.1, -0.05) is 61.5 Å². The molecule has 0 aliphatic heterocycles. The molecule has 4 N–H and O–H groups in total. The zero-order valence-electron chi connectivity index (χ0n) is 22.9. The van der Waals surface area contributed by atoms with Gasteiger partial charge in [0.2, 0.25) is 15.9 Å². The summed E-state index contributed by atoms with van der Waals surface area (Å²) < 4.78 is 33.9. The zero-order valence-corrected chi connectivity index (χ0v) is 23.7. The van der Waals surface area contributed by atoms with Gasteiger partial charge in [0, 0.05) is 18.9 Å². The van der Waals surface area contributed by atoms with Gasteiger partial charge in [-0.2, -0.15) is 0 Å². The topological polar surface area (TPSA) is 125 Å². The third-order valence-corrected chi connectivity index (χ3v) is 8.75. The molecule has 1 aliphatic rings. The van der Waals surface area contributed by atoms with Gasteiger partial charge >= 0.3 is 0 Å². The molecular weight excluding hydrogens is 528 g/mol. The van der Waals surface area contributed by atoms with Crippen LogP contribution in [0.1, 0.15) is 49.4 Å². The second-order valence-corrected chi connectivity index (χ2v) is 12.2. The van der Waals surface area contributed by atoms with Crippen molar-refractivity contribution >= 4 is 15.9 Å². The summed E-state index contributed by atoms with van der Waals surface area (Å²) in [7, 11) is -3.88. The van der Waals surface area contributed by atoms with Crippen molar-refractivity contribution in [3.63, 3.8) is 0 Å². The van der Waals surface area contributed by atoms with Crippen LogP contribution < -0.4 is 14.8 Å². The Labute approximate surface area is 236 Å². The minimum atomic E-state index is -3.88. The van der Waals surface area contributed by atoms with E-state index in [1.807, 2.05) is 68.4 Å². The smallest absolute Gasteiger partial charge is 0.240 e. The number of rotatable bonds is 13. The number of aliphatic hydroxyl groups excluding tert-OH is 2. The first-order valence-electron chi connectivity index (χ1n) is 13.7. The molecule has 0 fully saturated rings. The number of carbonyl (C=O) groups excluding carboxylic acids is 1. The highest BCUT2D eigenvalue weighted by molar-refractivity contribution is 7.89. The van der Waals surface area contributed by atoms with Crippen LogP contribution in [0.25, 0.3) is 0 Å². The largest absolute Gasteiger partial charge is 0.491 e. The van der Waals surface area contributed by atoms with Crippen molar-refractivity contribution in [3.8, 4) is 5.75 Å². The molecule has 1 amide bonds. The molecule has 1 aliphatic carbocycles. The van der Waals surface area contributed by atoms with E-state index in [9.17, 15) is 23.4 Å². The van der Waals surface area contributed by atoms with Crippen LogP contribution in [-0.2, 0) is 27.7 Å². The molecule has 9 heteroatoms. The highest BCUT2D eigenvalue weighted by atomic mass is 32.2. The summed E-state index contributed by atoms with van der Waals surface area (Å²) in [6.45, 7) is 3.69. The zero-order chi connectivity index (χ0) is 28.7. The van der Waals surface area contributed by atoms with Crippen molar-refractivity contribution in [1.82, 2.24) is 10.0 Å². The number of aliphatic hydroxyl groups is 2. The molecule has 8 nitrogen and oxygen atoms in total. The number of ether oxygens (including phenoxy) is 1. The molecule has 0 heterocycles. The molecule has 3 aromatic carbocycles. The fourth-order valence-corrected chi connectivity index (χ4v) is 5.99. The van der Waals surface area contributed by atoms with Crippen molar-refractivity contribution < 1.29 is 28.2 Å². The van der Waals surface area contributed by atoms with Crippen LogP contribution >= 0.6 is 0 Å². The first-order valence-corrected chi connectivity index (χ1v) is 15.2. The molecule has 1 unspecified atom stereocenters. The van der Waals surface area contributed by atoms with Crippen molar-refractivity contribution in [2.45, 2.75) is 68.8 Å². The third-order valence-electron chi connectivity index (χ3n) is 7.31. The summed E-state index contributed by atoms with van der Waals surface area (Å²) in [6.07, 6.45) is -0.144. The molecule has 4 rings (SSSR count). The summed E-state index contributed by atoms with van der Waals surface area (Å²) >= 11 is 0. The molecule has 0 spiro atoms. The summed E-state index contributed by atoms with van der Waals surface area (Å²) in [5.41, 5.74) is 2.80. The first kappa shape index (κ1) is 29.7. The maximum absolute atomic E-state index is 13.5. The van der Waals surface area contributed by atoms with Gasteiger partial charge in [0.15, 0.2) is 0 Å². The Balaban J connectivity index is 1.41. The number of benzene rings is 3. The Hall–Kier alpha value is -3.24. The number of hydrogen-bond acceptors (Lipinski definition) is 6. The van der Waals surface area contributed by atoms with Crippen molar-refractivity contribution in [1.29, 1.82) is 0 Å². The van der Waals surface area contributed by atoms with Crippen LogP contribution in [0.15, 0.2) is 83.8 Å². The molecule has 0 aromatic heterocycles. The Morgan fingerprint density at radius 2 is 1.70 bits per heavy atom. The van der Waals surface area contributed by atoms with Crippen molar-refractivity contribution in [3.05, 3.63) is 95.6 Å². The van der Waals surface area contributed by atoms with Crippen molar-refractivity contribution in [2.24, 2.45) is 5.92 Å². The summed E-state index contributed by atoms with van der Waals surface area (Å²) in [5.74, 6) is -0.361. The maximum Gasteiger partial charge on any atom is 0.240 e. The number of hydrogen-bond donors (Lipinski definition) is 4. The van der Waals surface area contributed by atoms with Crippen LogP contribution in [-0.4, -0.2) is 49.4 Å². The number of carbonyl (C=O) groups is 1. The van der Waals surface area contributed by atoms with E-state index in [0.29, 0.717) is 18.6 Å². The van der Waals surface area contributed by atoms with Crippen LogP contribution in [0.4, 0.5) is 0 Å². The van der Waals surface area contributed by atoms with Crippen LogP contribution in [0.2, 0.25) is 0 Å². The van der Waals surface area contributed by atoms with Gasteiger partial charge in [-0.25, -0.2) is 13.1 Å². The van der Waals surface area contributed by atoms with Gasteiger partial charge in [0.1, 0.15) is 5.75 Å². The van der Waals surface area contributed by atoms with Gasteiger partial charge in [-0.05, 0) is 67.1 Å². The SMILES string of the molecule is CCC(C)Oc1ccc(S(=O)(=O)NC[C@@H](O)C[C@@H](Cc2ccccc2)C(=O)N[C@H]2c3ccccc3C[C@H]2O)cc1. The molecule has 5 atom stereocenters. The lowest BCUT2D eigenvalue weighted by atomic mass is 9.92. The summed E-state index contributed by atoms with van der Waals surface area (Å²) in [5, 5.41) is 24.4. The number of nitrogens with one attached hydrogen (secondary N) is 2. The molecule has 0 bridgehead atoms. The van der Waals surface area contributed by atoms with Crippen molar-refractivity contribution in [2.75, 3.05) is 6.54 Å². The number of amides is 1. The van der Waals surface area contributed by atoms with E-state index in [0.717, 1.165) is 23.1 Å². The highest BCUT2D eigenvalue weighted by Crippen LogP contribution is 2.32. The van der Waals surface area contributed by atoms with E-state index in [4.69, 9.17) is 4.74 Å². The van der Waals surface area contributed by atoms with Gasteiger partial charge < -0.3 is 20.3 Å². The van der Waals surface area contributed by atoms with E-state index >= 15 is 0 Å². The Bertz CT molecular complexity index is 1360. The van der Waals surface area contributed by atoms with Gasteiger partial charge in [0.05, 0.1) is 29.2 Å². The monoisotopic (exact) mass is 566 g/mol. The van der Waals surface area contributed by atoms with Gasteiger partial charge in [-0.15, -0.1) is 0 Å². The Morgan fingerprint density at radius 1 is 1.02 bits per heavy atom. The average Bonchev–Trinajstić information content (AvgIpc) is 3.27. The Kier molecular flexibility index (Phi) is 9.97. The molecule has 3 aromatic rings. The predicted octanol–water partition coefficient (Wildman–Crippen LogP) is 3.53. The molecule has 0 saturated carbocycles. The number of sulfonamides is 1. The highest BCUT2D eigenvalue weighted by Gasteiger charge is 2.34. The minimum Gasteiger partial charge on any atom is -0.491 e. The second kappa shape index (κ2) is 13.4. The normalized spacial score (nSPS) is 18.9. The summed E-state index contributed by atoms with van der Waals surface area (Å²) in [6, 6.07) is 22.7. The lowest BCUT2D eigenvalue weighted by Gasteiger charge is -2.24. The lowest BCUT2D eigenvalue weighted by Crippen LogP contribution is -2.41. The average molecular weight is 567 g/mol. The lowest BCUT2D eigenvalue weighted by molar-refractivity contribution is -0.127. The first-order chi connectivity index (χ1) is 19.2. The van der Waals surface area contributed by atoms with E-state index < -0.39 is 34.2 Å². The molecule has 40 heavy (non-hydrogen) atoms. The van der Waals surface area contributed by atoms with E-state index in [1.54, 1.807) is 12.1 Å². The van der Waals surface area contributed by atoms with Crippen LogP contribution in [0, 0.1) is 5.92 Å². The maximum atomic E-state index is 13.5. The van der Waals surface area contributed by atoms with Crippen LogP contribution in [0.3, 0.4) is 0 Å². The van der Waals surface area contributed by atoms with E-state index in [1.165, 1.54) is 12.1 Å². The predicted molar refractivity (Wildman–Crippen MR) is 153 cm³/mol. The summed E-state index contributed by atoms with van der Waals surface area (Å²) in [4.78, 5) is 13.5. The molecular formula is C31H38N2O6S.